The zero-order valence-electron chi connectivity index (χ0n) is 16.5. The third kappa shape index (κ3) is 3.46. The van der Waals surface area contributed by atoms with Gasteiger partial charge in [0.05, 0.1) is 36.0 Å². The van der Waals surface area contributed by atoms with Gasteiger partial charge in [0.15, 0.2) is 0 Å². The van der Waals surface area contributed by atoms with Crippen LogP contribution in [-0.2, 0) is 6.54 Å². The van der Waals surface area contributed by atoms with Crippen LogP contribution in [0.1, 0.15) is 17.6 Å². The molecule has 0 aliphatic carbocycles. The second-order valence-electron chi connectivity index (χ2n) is 7.52. The molecule has 0 spiro atoms. The molecule has 4 heterocycles. The van der Waals surface area contributed by atoms with Crippen molar-refractivity contribution < 1.29 is 8.81 Å². The van der Waals surface area contributed by atoms with Crippen LogP contribution in [0.15, 0.2) is 59.4 Å². The zero-order chi connectivity index (χ0) is 20.7. The molecule has 0 bridgehead atoms. The lowest BCUT2D eigenvalue weighted by Gasteiger charge is -2.40. The fourth-order valence-corrected chi connectivity index (χ4v) is 3.85. The van der Waals surface area contributed by atoms with Gasteiger partial charge in [-0.3, -0.25) is 4.90 Å². The van der Waals surface area contributed by atoms with Crippen molar-refractivity contribution in [3.8, 4) is 22.6 Å². The summed E-state index contributed by atoms with van der Waals surface area (Å²) in [5, 5.41) is 0. The monoisotopic (exact) mass is 404 g/mol. The summed E-state index contributed by atoms with van der Waals surface area (Å²) < 4.78 is 21.2. The molecular weight excluding hydrogens is 383 g/mol. The lowest BCUT2D eigenvalue weighted by Crippen LogP contribution is -2.46. The number of nitrogens with two attached hydrogens (primary N) is 1. The Bertz CT molecular complexity index is 1180. The van der Waals surface area contributed by atoms with Gasteiger partial charge in [0.2, 0.25) is 5.95 Å². The van der Waals surface area contributed by atoms with Crippen molar-refractivity contribution >= 4 is 5.95 Å². The maximum absolute atomic E-state index is 13.4. The number of rotatable bonds is 5. The van der Waals surface area contributed by atoms with Gasteiger partial charge in [0.1, 0.15) is 17.3 Å². The summed E-state index contributed by atoms with van der Waals surface area (Å²) in [6, 6.07) is 12.4. The molecule has 8 heteroatoms. The van der Waals surface area contributed by atoms with Gasteiger partial charge in [-0.2, -0.15) is 0 Å². The van der Waals surface area contributed by atoms with E-state index in [1.807, 2.05) is 31.5 Å². The van der Waals surface area contributed by atoms with E-state index in [0.29, 0.717) is 5.69 Å². The molecule has 1 aliphatic rings. The Morgan fingerprint density at radius 3 is 2.60 bits per heavy atom. The standard InChI is InChI=1S/C22H21FN6O/c1-14-2-7-18(30-14)12-28-10-17(11-28)29-13-26-20(15-3-5-16(23)6-4-15)21(29)19-8-9-25-22(24)27-19/h2-9,13,17H,10-12H2,1H3,(H2,24,25,27). The lowest BCUT2D eigenvalue weighted by molar-refractivity contribution is 0.0914. The number of aryl methyl sites for hydroxylation is 1. The van der Waals surface area contributed by atoms with Gasteiger partial charge in [-0.05, 0) is 49.4 Å². The summed E-state index contributed by atoms with van der Waals surface area (Å²) in [4.78, 5) is 15.4. The summed E-state index contributed by atoms with van der Waals surface area (Å²) in [6.45, 7) is 4.46. The highest BCUT2D eigenvalue weighted by atomic mass is 19.1. The molecule has 5 rings (SSSR count). The molecule has 0 radical (unpaired) electrons. The minimum Gasteiger partial charge on any atom is -0.465 e. The molecule has 3 aromatic heterocycles. The Hall–Kier alpha value is -3.52. The van der Waals surface area contributed by atoms with Crippen LogP contribution in [0.4, 0.5) is 10.3 Å². The number of hydrogen-bond acceptors (Lipinski definition) is 6. The van der Waals surface area contributed by atoms with Crippen LogP contribution in [0.3, 0.4) is 0 Å². The van der Waals surface area contributed by atoms with E-state index >= 15 is 0 Å². The normalized spacial score (nSPS) is 14.7. The van der Waals surface area contributed by atoms with Crippen molar-refractivity contribution in [3.05, 3.63) is 72.3 Å². The van der Waals surface area contributed by atoms with E-state index in [-0.39, 0.29) is 17.8 Å². The number of nitrogen functional groups attached to an aromatic ring is 1. The molecule has 1 aliphatic heterocycles. The van der Waals surface area contributed by atoms with Gasteiger partial charge in [-0.15, -0.1) is 0 Å². The minimum atomic E-state index is -0.284. The van der Waals surface area contributed by atoms with E-state index in [4.69, 9.17) is 10.2 Å². The number of furan rings is 1. The predicted octanol–water partition coefficient (Wildman–Crippen LogP) is 3.69. The Morgan fingerprint density at radius 1 is 1.10 bits per heavy atom. The number of halogens is 1. The van der Waals surface area contributed by atoms with Crippen LogP contribution < -0.4 is 5.73 Å². The number of imidazole rings is 1. The van der Waals surface area contributed by atoms with Gasteiger partial charge in [0.25, 0.3) is 0 Å². The molecule has 0 saturated carbocycles. The summed E-state index contributed by atoms with van der Waals surface area (Å²) >= 11 is 0. The fraction of sp³-hybridized carbons (Fsp3) is 0.227. The first-order valence-corrected chi connectivity index (χ1v) is 9.76. The molecular formula is C22H21FN6O. The molecule has 4 aromatic rings. The molecule has 1 aromatic carbocycles. The van der Waals surface area contributed by atoms with Crippen molar-refractivity contribution in [3.63, 3.8) is 0 Å². The van der Waals surface area contributed by atoms with Crippen LogP contribution in [0.2, 0.25) is 0 Å². The topological polar surface area (TPSA) is 86.0 Å². The summed E-state index contributed by atoms with van der Waals surface area (Å²) in [5.74, 6) is 1.80. The average Bonchev–Trinajstić information content (AvgIpc) is 3.31. The van der Waals surface area contributed by atoms with Gasteiger partial charge in [-0.25, -0.2) is 19.3 Å². The van der Waals surface area contributed by atoms with E-state index in [9.17, 15) is 4.39 Å². The van der Waals surface area contributed by atoms with Crippen LogP contribution in [0.25, 0.3) is 22.6 Å². The SMILES string of the molecule is Cc1ccc(CN2CC(n3cnc(-c4ccc(F)cc4)c3-c3ccnc(N)n3)C2)o1. The molecule has 2 N–H and O–H groups in total. The van der Waals surface area contributed by atoms with E-state index in [1.165, 1.54) is 12.1 Å². The quantitative estimate of drug-likeness (QED) is 0.546. The summed E-state index contributed by atoms with van der Waals surface area (Å²) in [6.07, 6.45) is 3.46. The Labute approximate surface area is 173 Å². The summed E-state index contributed by atoms with van der Waals surface area (Å²) in [7, 11) is 0. The third-order valence-electron chi connectivity index (χ3n) is 5.33. The molecule has 7 nitrogen and oxygen atoms in total. The highest BCUT2D eigenvalue weighted by Crippen LogP contribution is 2.35. The highest BCUT2D eigenvalue weighted by molar-refractivity contribution is 5.77. The lowest BCUT2D eigenvalue weighted by atomic mass is 10.1. The molecule has 0 atom stereocenters. The van der Waals surface area contributed by atoms with Crippen molar-refractivity contribution in [1.82, 2.24) is 24.4 Å². The molecule has 1 saturated heterocycles. The molecule has 1 fully saturated rings. The molecule has 0 unspecified atom stereocenters. The van der Waals surface area contributed by atoms with Crippen LogP contribution in [-0.4, -0.2) is 37.5 Å². The molecule has 30 heavy (non-hydrogen) atoms. The van der Waals surface area contributed by atoms with Crippen molar-refractivity contribution in [1.29, 1.82) is 0 Å². The van der Waals surface area contributed by atoms with Crippen LogP contribution >= 0.6 is 0 Å². The van der Waals surface area contributed by atoms with E-state index in [0.717, 1.165) is 48.1 Å². The Balaban J connectivity index is 1.46. The number of likely N-dealkylation sites (tertiary alicyclic amines) is 1. The van der Waals surface area contributed by atoms with Gasteiger partial charge < -0.3 is 14.7 Å². The first-order chi connectivity index (χ1) is 14.6. The smallest absolute Gasteiger partial charge is 0.220 e. The number of benzene rings is 1. The average molecular weight is 404 g/mol. The van der Waals surface area contributed by atoms with Crippen LogP contribution in [0.5, 0.6) is 0 Å². The minimum absolute atomic E-state index is 0.203. The fourth-order valence-electron chi connectivity index (χ4n) is 3.85. The van der Waals surface area contributed by atoms with E-state index in [1.54, 1.807) is 18.3 Å². The Morgan fingerprint density at radius 2 is 1.90 bits per heavy atom. The first-order valence-electron chi connectivity index (χ1n) is 9.76. The second-order valence-corrected chi connectivity index (χ2v) is 7.52. The number of anilines is 1. The van der Waals surface area contributed by atoms with Crippen LogP contribution in [0, 0.1) is 12.7 Å². The maximum atomic E-state index is 13.4. The van der Waals surface area contributed by atoms with Crippen molar-refractivity contribution in [2.24, 2.45) is 0 Å². The van der Waals surface area contributed by atoms with Gasteiger partial charge in [0, 0.05) is 24.8 Å². The number of aromatic nitrogens is 4. The highest BCUT2D eigenvalue weighted by Gasteiger charge is 2.32. The second kappa shape index (κ2) is 7.38. The maximum Gasteiger partial charge on any atom is 0.220 e. The predicted molar refractivity (Wildman–Crippen MR) is 111 cm³/mol. The number of nitrogens with zero attached hydrogens (tertiary/aromatic N) is 5. The summed E-state index contributed by atoms with van der Waals surface area (Å²) in [5.41, 5.74) is 8.95. The van der Waals surface area contributed by atoms with Crippen molar-refractivity contribution in [2.75, 3.05) is 18.8 Å². The van der Waals surface area contributed by atoms with Gasteiger partial charge >= 0.3 is 0 Å². The van der Waals surface area contributed by atoms with Gasteiger partial charge in [-0.1, -0.05) is 0 Å². The first kappa shape index (κ1) is 18.5. The molecule has 152 valence electrons. The van der Waals surface area contributed by atoms with E-state index in [2.05, 4.69) is 24.4 Å². The zero-order valence-corrected chi connectivity index (χ0v) is 16.5. The third-order valence-corrected chi connectivity index (χ3v) is 5.33. The largest absolute Gasteiger partial charge is 0.465 e. The van der Waals surface area contributed by atoms with Crippen molar-refractivity contribution in [2.45, 2.75) is 19.5 Å². The van der Waals surface area contributed by atoms with E-state index < -0.39 is 0 Å². The Kier molecular flexibility index (Phi) is 4.55. The number of hydrogen-bond donors (Lipinski definition) is 1. The molecule has 0 amide bonds.